The van der Waals surface area contributed by atoms with E-state index >= 15 is 0 Å². The molecule has 0 radical (unpaired) electrons. The number of anilines is 1. The molecule has 1 amide bonds. The number of fused-ring (bicyclic) bond motifs is 1. The minimum atomic E-state index is -4.48. The maximum atomic E-state index is 13.7. The van der Waals surface area contributed by atoms with Gasteiger partial charge in [-0.3, -0.25) is 9.69 Å². The van der Waals surface area contributed by atoms with Crippen LogP contribution in [-0.4, -0.2) is 67.4 Å². The largest absolute Gasteiger partial charge is 0.416 e. The molecule has 0 saturated heterocycles. The molecule has 36 heavy (non-hydrogen) atoms. The molecule has 8 heteroatoms. The maximum Gasteiger partial charge on any atom is 0.416 e. The normalized spacial score (nSPS) is 17.1. The Morgan fingerprint density at radius 1 is 1.11 bits per heavy atom. The average Bonchev–Trinajstić information content (AvgIpc) is 3.65. The molecule has 0 bridgehead atoms. The summed E-state index contributed by atoms with van der Waals surface area (Å²) in [6.45, 7) is 5.70. The first-order valence-electron chi connectivity index (χ1n) is 12.8. The Labute approximate surface area is 212 Å². The third-order valence-electron chi connectivity index (χ3n) is 7.28. The van der Waals surface area contributed by atoms with Crippen molar-refractivity contribution in [3.8, 4) is 0 Å². The first-order valence-corrected chi connectivity index (χ1v) is 12.8. The number of carbonyl (C=O) groups is 1. The second-order valence-corrected chi connectivity index (χ2v) is 10.4. The van der Waals surface area contributed by atoms with Crippen LogP contribution in [0.1, 0.15) is 48.1 Å². The van der Waals surface area contributed by atoms with Crippen LogP contribution in [0.2, 0.25) is 0 Å². The predicted octanol–water partition coefficient (Wildman–Crippen LogP) is 5.04. The smallest absolute Gasteiger partial charge is 0.376 e. The summed E-state index contributed by atoms with van der Waals surface area (Å²) in [5.74, 6) is 0.633. The molecule has 4 rings (SSSR count). The number of hydrogen-bond acceptors (Lipinski definition) is 4. The third-order valence-corrected chi connectivity index (χ3v) is 7.28. The summed E-state index contributed by atoms with van der Waals surface area (Å²) in [5.41, 5.74) is 2.90. The van der Waals surface area contributed by atoms with Crippen LogP contribution < -0.4 is 5.32 Å². The molecule has 0 spiro atoms. The van der Waals surface area contributed by atoms with Crippen LogP contribution in [-0.2, 0) is 23.9 Å². The van der Waals surface area contributed by atoms with Crippen molar-refractivity contribution >= 4 is 11.6 Å². The minimum absolute atomic E-state index is 0.0359. The Hall–Kier alpha value is -2.58. The molecule has 196 valence electrons. The molecule has 2 aromatic rings. The number of nitrogens with one attached hydrogen (secondary N) is 1. The van der Waals surface area contributed by atoms with Crippen LogP contribution in [0.3, 0.4) is 0 Å². The van der Waals surface area contributed by atoms with Crippen molar-refractivity contribution in [2.75, 3.05) is 52.1 Å². The quantitative estimate of drug-likeness (QED) is 0.494. The summed E-state index contributed by atoms with van der Waals surface area (Å²) in [5, 5.41) is 3.31. The van der Waals surface area contributed by atoms with Crippen molar-refractivity contribution in [3.63, 3.8) is 0 Å². The van der Waals surface area contributed by atoms with Gasteiger partial charge in [-0.05, 0) is 75.0 Å². The summed E-state index contributed by atoms with van der Waals surface area (Å²) in [7, 11) is 3.77. The summed E-state index contributed by atoms with van der Waals surface area (Å²) in [4.78, 5) is 19.4. The van der Waals surface area contributed by atoms with E-state index in [2.05, 4.69) is 16.3 Å². The highest BCUT2D eigenvalue weighted by atomic mass is 19.4. The molecule has 1 saturated carbocycles. The molecule has 1 heterocycles. The standard InChI is InChI=1S/C28H37F3N4O/c1-20(23-8-4-5-9-25(23)28(29,30)31)35(16-15-33(2)3)27(36)17-32-26-10-6-7-22-19-34(14-13-24(22)26)18-21-11-12-21/h4-10,20-21,32H,11-19H2,1-3H3. The van der Waals surface area contributed by atoms with Crippen molar-refractivity contribution in [1.82, 2.24) is 14.7 Å². The Balaban J connectivity index is 1.48. The van der Waals surface area contributed by atoms with Crippen molar-refractivity contribution in [3.05, 3.63) is 64.7 Å². The minimum Gasteiger partial charge on any atom is -0.376 e. The molecule has 1 aliphatic heterocycles. The number of amides is 1. The lowest BCUT2D eigenvalue weighted by Crippen LogP contribution is -2.42. The van der Waals surface area contributed by atoms with Crippen LogP contribution >= 0.6 is 0 Å². The number of alkyl halides is 3. The average molecular weight is 503 g/mol. The van der Waals surface area contributed by atoms with Gasteiger partial charge in [0, 0.05) is 38.4 Å². The van der Waals surface area contributed by atoms with E-state index in [1.807, 2.05) is 31.1 Å². The van der Waals surface area contributed by atoms with Crippen molar-refractivity contribution in [1.29, 1.82) is 0 Å². The fraction of sp³-hybridized carbons (Fsp3) is 0.536. The summed E-state index contributed by atoms with van der Waals surface area (Å²) in [6, 6.07) is 11.0. The molecule has 1 unspecified atom stereocenters. The summed E-state index contributed by atoms with van der Waals surface area (Å²) >= 11 is 0. The van der Waals surface area contributed by atoms with Gasteiger partial charge in [0.25, 0.3) is 0 Å². The van der Waals surface area contributed by atoms with Gasteiger partial charge in [-0.25, -0.2) is 0 Å². The SMILES string of the molecule is CC(c1ccccc1C(F)(F)F)N(CCN(C)C)C(=O)CNc1cccc2c1CCN(CC1CC1)C2. The Kier molecular flexibility index (Phi) is 8.25. The van der Waals surface area contributed by atoms with Crippen LogP contribution in [0.5, 0.6) is 0 Å². The third kappa shape index (κ3) is 6.59. The molecule has 5 nitrogen and oxygen atoms in total. The number of carbonyl (C=O) groups excluding carboxylic acids is 1. The van der Waals surface area contributed by atoms with Gasteiger partial charge in [-0.2, -0.15) is 13.2 Å². The van der Waals surface area contributed by atoms with E-state index in [0.29, 0.717) is 13.1 Å². The Bertz CT molecular complexity index is 1050. The second-order valence-electron chi connectivity index (χ2n) is 10.4. The van der Waals surface area contributed by atoms with Gasteiger partial charge in [-0.1, -0.05) is 30.3 Å². The number of benzene rings is 2. The maximum absolute atomic E-state index is 13.7. The zero-order valence-electron chi connectivity index (χ0n) is 21.4. The first kappa shape index (κ1) is 26.5. The van der Waals surface area contributed by atoms with E-state index in [1.54, 1.807) is 17.9 Å². The molecule has 1 fully saturated rings. The van der Waals surface area contributed by atoms with E-state index in [9.17, 15) is 18.0 Å². The molecule has 0 aromatic heterocycles. The van der Waals surface area contributed by atoms with Crippen LogP contribution in [0, 0.1) is 5.92 Å². The van der Waals surface area contributed by atoms with E-state index in [-0.39, 0.29) is 18.0 Å². The summed E-state index contributed by atoms with van der Waals surface area (Å²) < 4.78 is 41.1. The molecule has 2 aliphatic rings. The lowest BCUT2D eigenvalue weighted by Gasteiger charge is -2.33. The zero-order chi connectivity index (χ0) is 25.9. The second kappa shape index (κ2) is 11.2. The molecular formula is C28H37F3N4O. The van der Waals surface area contributed by atoms with E-state index < -0.39 is 17.8 Å². The monoisotopic (exact) mass is 502 g/mol. The predicted molar refractivity (Wildman–Crippen MR) is 137 cm³/mol. The fourth-order valence-electron chi connectivity index (χ4n) is 5.06. The highest BCUT2D eigenvalue weighted by Crippen LogP contribution is 2.36. The highest BCUT2D eigenvalue weighted by molar-refractivity contribution is 5.82. The molecular weight excluding hydrogens is 465 g/mol. The number of rotatable bonds is 10. The van der Waals surface area contributed by atoms with Gasteiger partial charge in [0.05, 0.1) is 18.2 Å². The van der Waals surface area contributed by atoms with Gasteiger partial charge in [-0.15, -0.1) is 0 Å². The van der Waals surface area contributed by atoms with E-state index in [4.69, 9.17) is 0 Å². The van der Waals surface area contributed by atoms with Crippen molar-refractivity contribution in [2.45, 2.75) is 44.9 Å². The van der Waals surface area contributed by atoms with E-state index in [1.165, 1.54) is 36.1 Å². The zero-order valence-corrected chi connectivity index (χ0v) is 21.4. The fourth-order valence-corrected chi connectivity index (χ4v) is 5.06. The number of halogens is 3. The molecule has 2 aromatic carbocycles. The van der Waals surface area contributed by atoms with Gasteiger partial charge in [0.1, 0.15) is 0 Å². The van der Waals surface area contributed by atoms with Gasteiger partial charge in [0.15, 0.2) is 0 Å². The lowest BCUT2D eigenvalue weighted by molar-refractivity contribution is -0.140. The van der Waals surface area contributed by atoms with Crippen molar-refractivity contribution in [2.24, 2.45) is 5.92 Å². The highest BCUT2D eigenvalue weighted by Gasteiger charge is 2.36. The Morgan fingerprint density at radius 3 is 2.56 bits per heavy atom. The van der Waals surface area contributed by atoms with Gasteiger partial charge >= 0.3 is 6.18 Å². The topological polar surface area (TPSA) is 38.8 Å². The molecule has 1 N–H and O–H groups in total. The van der Waals surface area contributed by atoms with Crippen LogP contribution in [0.15, 0.2) is 42.5 Å². The lowest BCUT2D eigenvalue weighted by atomic mass is 9.97. The first-order chi connectivity index (χ1) is 17.1. The number of likely N-dealkylation sites (N-methyl/N-ethyl adjacent to an activating group) is 1. The van der Waals surface area contributed by atoms with Gasteiger partial charge < -0.3 is 15.1 Å². The molecule has 1 atom stereocenters. The Morgan fingerprint density at radius 2 is 1.86 bits per heavy atom. The molecule has 1 aliphatic carbocycles. The van der Waals surface area contributed by atoms with Crippen molar-refractivity contribution < 1.29 is 18.0 Å². The van der Waals surface area contributed by atoms with E-state index in [0.717, 1.165) is 43.7 Å². The van der Waals surface area contributed by atoms with Crippen LogP contribution in [0.25, 0.3) is 0 Å². The van der Waals surface area contributed by atoms with Gasteiger partial charge in [0.2, 0.25) is 5.91 Å². The number of nitrogens with zero attached hydrogens (tertiary/aromatic N) is 3. The summed E-state index contributed by atoms with van der Waals surface area (Å²) in [6.07, 6.45) is -0.874. The number of hydrogen-bond donors (Lipinski definition) is 1. The van der Waals surface area contributed by atoms with Crippen LogP contribution in [0.4, 0.5) is 18.9 Å².